The van der Waals surface area contributed by atoms with Crippen molar-refractivity contribution < 1.29 is 22.7 Å². The van der Waals surface area contributed by atoms with Gasteiger partial charge >= 0.3 is 12.3 Å². The predicted molar refractivity (Wildman–Crippen MR) is 103 cm³/mol. The summed E-state index contributed by atoms with van der Waals surface area (Å²) in [6.45, 7) is 7.53. The molecule has 1 aliphatic heterocycles. The van der Waals surface area contributed by atoms with Crippen molar-refractivity contribution in [3.8, 4) is 0 Å². The molecule has 1 aromatic carbocycles. The second-order valence-corrected chi connectivity index (χ2v) is 9.72. The molecule has 3 fully saturated rings. The van der Waals surface area contributed by atoms with E-state index < -0.39 is 17.3 Å². The minimum atomic E-state index is -4.32. The van der Waals surface area contributed by atoms with Crippen LogP contribution in [0.2, 0.25) is 0 Å². The number of hydrogen-bond acceptors (Lipinski definition) is 3. The van der Waals surface area contributed by atoms with Crippen molar-refractivity contribution in [2.24, 2.45) is 5.92 Å². The van der Waals surface area contributed by atoms with Crippen LogP contribution in [0.3, 0.4) is 0 Å². The number of rotatable bonds is 3. The smallest absolute Gasteiger partial charge is 0.416 e. The highest BCUT2D eigenvalue weighted by Gasteiger charge is 2.56. The molecule has 1 unspecified atom stereocenters. The number of benzene rings is 1. The fourth-order valence-corrected chi connectivity index (χ4v) is 4.48. The Morgan fingerprint density at radius 3 is 2.21 bits per heavy atom. The topological polar surface area (TPSA) is 32.8 Å². The molecular formula is C22H29F3N2O2. The van der Waals surface area contributed by atoms with Crippen LogP contribution in [0.15, 0.2) is 24.3 Å². The highest BCUT2D eigenvalue weighted by Crippen LogP contribution is 2.54. The molecule has 0 N–H and O–H groups in total. The molecule has 0 aromatic heterocycles. The van der Waals surface area contributed by atoms with Gasteiger partial charge in [-0.3, -0.25) is 4.90 Å². The Hall–Kier alpha value is -1.76. The van der Waals surface area contributed by atoms with E-state index in [0.29, 0.717) is 19.0 Å². The normalized spacial score (nSPS) is 23.2. The summed E-state index contributed by atoms with van der Waals surface area (Å²) in [5, 5.41) is 0. The van der Waals surface area contributed by atoms with E-state index in [1.54, 1.807) is 17.0 Å². The molecule has 1 atom stereocenters. The van der Waals surface area contributed by atoms with E-state index in [-0.39, 0.29) is 17.7 Å². The molecule has 2 aliphatic carbocycles. The maximum Gasteiger partial charge on any atom is 0.416 e. The third-order valence-electron chi connectivity index (χ3n) is 6.17. The van der Waals surface area contributed by atoms with E-state index in [0.717, 1.165) is 37.8 Å². The highest BCUT2D eigenvalue weighted by atomic mass is 19.4. The predicted octanol–water partition coefficient (Wildman–Crippen LogP) is 5.24. The molecule has 1 amide bonds. The van der Waals surface area contributed by atoms with E-state index in [2.05, 4.69) is 4.90 Å². The van der Waals surface area contributed by atoms with Gasteiger partial charge in [0.15, 0.2) is 0 Å². The van der Waals surface area contributed by atoms with E-state index in [1.807, 2.05) is 20.8 Å². The minimum absolute atomic E-state index is 0.0644. The van der Waals surface area contributed by atoms with Crippen molar-refractivity contribution in [1.82, 2.24) is 9.80 Å². The molecule has 0 radical (unpaired) electrons. The van der Waals surface area contributed by atoms with Gasteiger partial charge in [-0.25, -0.2) is 4.79 Å². The zero-order chi connectivity index (χ0) is 21.0. The van der Waals surface area contributed by atoms with Gasteiger partial charge in [-0.05, 0) is 70.1 Å². The summed E-state index contributed by atoms with van der Waals surface area (Å²) in [5.74, 6) is 0.484. The van der Waals surface area contributed by atoms with Gasteiger partial charge in [-0.15, -0.1) is 0 Å². The zero-order valence-corrected chi connectivity index (χ0v) is 17.3. The monoisotopic (exact) mass is 410 g/mol. The van der Waals surface area contributed by atoms with Crippen LogP contribution in [0.1, 0.15) is 63.6 Å². The van der Waals surface area contributed by atoms with Gasteiger partial charge in [-0.1, -0.05) is 12.1 Å². The quantitative estimate of drug-likeness (QED) is 0.683. The summed E-state index contributed by atoms with van der Waals surface area (Å²) >= 11 is 0. The lowest BCUT2D eigenvalue weighted by molar-refractivity contribution is -0.137. The lowest BCUT2D eigenvalue weighted by atomic mass is 9.95. The Labute approximate surface area is 170 Å². The first-order valence-electron chi connectivity index (χ1n) is 10.4. The summed E-state index contributed by atoms with van der Waals surface area (Å²) in [6, 6.07) is 5.80. The summed E-state index contributed by atoms with van der Waals surface area (Å²) in [4.78, 5) is 16.8. The SMILES string of the molecule is CC(C)(C)OC(=O)N1CCN(C(c2ccc(C(F)(F)F)cc2)C2CC2)C2(CC2)C1. The fraction of sp³-hybridized carbons (Fsp3) is 0.682. The van der Waals surface area contributed by atoms with Gasteiger partial charge in [0.25, 0.3) is 0 Å². The van der Waals surface area contributed by atoms with Crippen LogP contribution >= 0.6 is 0 Å². The zero-order valence-electron chi connectivity index (χ0n) is 17.3. The van der Waals surface area contributed by atoms with Crippen LogP contribution in [0.25, 0.3) is 0 Å². The number of ether oxygens (including phenoxy) is 1. The third kappa shape index (κ3) is 4.39. The fourth-order valence-electron chi connectivity index (χ4n) is 4.48. The average Bonchev–Trinajstić information content (AvgIpc) is 3.52. The number of carbonyl (C=O) groups excluding carboxylic acids is 1. The average molecular weight is 410 g/mol. The Balaban J connectivity index is 1.52. The van der Waals surface area contributed by atoms with Crippen LogP contribution in [-0.2, 0) is 10.9 Å². The largest absolute Gasteiger partial charge is 0.444 e. The number of carbonyl (C=O) groups is 1. The van der Waals surface area contributed by atoms with Crippen molar-refractivity contribution in [2.75, 3.05) is 19.6 Å². The number of alkyl halides is 3. The number of halogens is 3. The van der Waals surface area contributed by atoms with Gasteiger partial charge in [0.1, 0.15) is 5.60 Å². The molecule has 1 saturated heterocycles. The van der Waals surface area contributed by atoms with Crippen molar-refractivity contribution in [3.63, 3.8) is 0 Å². The Kier molecular flexibility index (Phi) is 4.88. The van der Waals surface area contributed by atoms with E-state index in [9.17, 15) is 18.0 Å². The van der Waals surface area contributed by atoms with Crippen molar-refractivity contribution in [3.05, 3.63) is 35.4 Å². The lowest BCUT2D eigenvalue weighted by Gasteiger charge is -2.46. The Bertz CT molecular complexity index is 762. The molecule has 29 heavy (non-hydrogen) atoms. The molecule has 160 valence electrons. The summed E-state index contributed by atoms with van der Waals surface area (Å²) < 4.78 is 44.4. The van der Waals surface area contributed by atoms with Gasteiger partial charge in [0, 0.05) is 31.2 Å². The van der Waals surface area contributed by atoms with Crippen LogP contribution in [0.5, 0.6) is 0 Å². The summed E-state index contributed by atoms with van der Waals surface area (Å²) in [5.41, 5.74) is -0.239. The molecule has 3 aliphatic rings. The maximum absolute atomic E-state index is 13.0. The first-order chi connectivity index (χ1) is 13.5. The molecule has 0 bridgehead atoms. The van der Waals surface area contributed by atoms with Crippen LogP contribution in [0.4, 0.5) is 18.0 Å². The van der Waals surface area contributed by atoms with E-state index in [4.69, 9.17) is 4.74 Å². The van der Waals surface area contributed by atoms with Crippen molar-refractivity contribution in [2.45, 2.75) is 69.8 Å². The van der Waals surface area contributed by atoms with Crippen LogP contribution in [0, 0.1) is 5.92 Å². The Morgan fingerprint density at radius 1 is 1.10 bits per heavy atom. The van der Waals surface area contributed by atoms with Gasteiger partial charge in [-0.2, -0.15) is 13.2 Å². The molecule has 1 heterocycles. The van der Waals surface area contributed by atoms with Crippen molar-refractivity contribution >= 4 is 6.09 Å². The third-order valence-corrected chi connectivity index (χ3v) is 6.17. The molecular weight excluding hydrogens is 381 g/mol. The van der Waals surface area contributed by atoms with Crippen LogP contribution in [-0.4, -0.2) is 46.7 Å². The Morgan fingerprint density at radius 2 is 1.72 bits per heavy atom. The summed E-state index contributed by atoms with van der Waals surface area (Å²) in [6.07, 6.45) is -0.361. The van der Waals surface area contributed by atoms with Crippen molar-refractivity contribution in [1.29, 1.82) is 0 Å². The second-order valence-electron chi connectivity index (χ2n) is 9.72. The second kappa shape index (κ2) is 6.89. The molecule has 2 saturated carbocycles. The molecule has 4 nitrogen and oxygen atoms in total. The van der Waals surface area contributed by atoms with Crippen LogP contribution < -0.4 is 0 Å². The number of hydrogen-bond donors (Lipinski definition) is 0. The highest BCUT2D eigenvalue weighted by molar-refractivity contribution is 5.68. The van der Waals surface area contributed by atoms with Gasteiger partial charge < -0.3 is 9.64 Å². The summed E-state index contributed by atoms with van der Waals surface area (Å²) in [7, 11) is 0. The molecule has 7 heteroatoms. The molecule has 1 aromatic rings. The molecule has 1 spiro atoms. The van der Waals surface area contributed by atoms with E-state index in [1.165, 1.54) is 12.1 Å². The first kappa shape index (κ1) is 20.5. The first-order valence-corrected chi connectivity index (χ1v) is 10.4. The van der Waals surface area contributed by atoms with Gasteiger partial charge in [0.05, 0.1) is 5.56 Å². The maximum atomic E-state index is 13.0. The lowest BCUT2D eigenvalue weighted by Crippen LogP contribution is -2.58. The molecule has 4 rings (SSSR count). The minimum Gasteiger partial charge on any atom is -0.444 e. The number of nitrogens with zero attached hydrogens (tertiary/aromatic N) is 2. The standard InChI is InChI=1S/C22H29F3N2O2/c1-20(2,3)29-19(28)26-12-13-27(21(14-26)10-11-21)18(15-4-5-15)16-6-8-17(9-7-16)22(23,24)25/h6-9,15,18H,4-5,10-14H2,1-3H3. The van der Waals surface area contributed by atoms with Gasteiger partial charge in [0.2, 0.25) is 0 Å². The number of amides is 1. The van der Waals surface area contributed by atoms with E-state index >= 15 is 0 Å². The number of piperazine rings is 1.